The maximum absolute atomic E-state index is 11.9. The molecule has 0 spiro atoms. The fraction of sp³-hybridized carbons (Fsp3) is 0. The van der Waals surface area contributed by atoms with E-state index in [-0.39, 0.29) is 16.5 Å². The predicted octanol–water partition coefficient (Wildman–Crippen LogP) is 3.38. The number of nitrogen functional groups attached to an aromatic ring is 1. The second kappa shape index (κ2) is 5.73. The number of nitrogens with two attached hydrogens (primary N) is 1. The van der Waals surface area contributed by atoms with Crippen molar-refractivity contribution in [2.24, 2.45) is 0 Å². The molecule has 19 heavy (non-hydrogen) atoms. The van der Waals surface area contributed by atoms with E-state index in [1.807, 2.05) is 0 Å². The summed E-state index contributed by atoms with van der Waals surface area (Å²) in [5, 5.41) is 10.4. The number of nitrogens with one attached hydrogen (secondary N) is 1. The molecule has 0 radical (unpaired) electrons. The number of anilines is 2. The maximum Gasteiger partial charge on any atom is 0.276 e. The molecular formula is C11H7BrCl2N4O. The van der Waals surface area contributed by atoms with Gasteiger partial charge in [-0.1, -0.05) is 23.2 Å². The minimum absolute atomic E-state index is 0.129. The van der Waals surface area contributed by atoms with E-state index in [9.17, 15) is 4.79 Å². The van der Waals surface area contributed by atoms with E-state index in [2.05, 4.69) is 31.4 Å². The van der Waals surface area contributed by atoms with Crippen LogP contribution in [0.4, 0.5) is 11.5 Å². The highest BCUT2D eigenvalue weighted by atomic mass is 79.9. The number of carbonyl (C=O) groups is 1. The Hall–Kier alpha value is -1.37. The van der Waals surface area contributed by atoms with Crippen molar-refractivity contribution in [2.45, 2.75) is 0 Å². The van der Waals surface area contributed by atoms with Gasteiger partial charge in [0, 0.05) is 4.47 Å². The summed E-state index contributed by atoms with van der Waals surface area (Å²) in [6, 6.07) is 6.25. The lowest BCUT2D eigenvalue weighted by Crippen LogP contribution is -2.15. The first-order valence-corrected chi connectivity index (χ1v) is 6.58. The second-order valence-electron chi connectivity index (χ2n) is 3.52. The Morgan fingerprint density at radius 1 is 1.16 bits per heavy atom. The van der Waals surface area contributed by atoms with E-state index >= 15 is 0 Å². The van der Waals surface area contributed by atoms with E-state index in [0.29, 0.717) is 15.2 Å². The number of nitrogens with zero attached hydrogens (tertiary/aromatic N) is 2. The quantitative estimate of drug-likeness (QED) is 0.803. The van der Waals surface area contributed by atoms with Crippen LogP contribution in [0.3, 0.4) is 0 Å². The minimum atomic E-state index is -0.451. The molecule has 0 aliphatic carbocycles. The normalized spacial score (nSPS) is 10.3. The average molecular weight is 362 g/mol. The van der Waals surface area contributed by atoms with E-state index in [4.69, 9.17) is 28.9 Å². The predicted molar refractivity (Wildman–Crippen MR) is 78.6 cm³/mol. The fourth-order valence-corrected chi connectivity index (χ4v) is 2.09. The fourth-order valence-electron chi connectivity index (χ4n) is 1.27. The number of aromatic nitrogens is 2. The molecular weight excluding hydrogens is 355 g/mol. The highest BCUT2D eigenvalue weighted by Gasteiger charge is 2.13. The third kappa shape index (κ3) is 3.15. The Kier molecular flexibility index (Phi) is 4.24. The van der Waals surface area contributed by atoms with Crippen LogP contribution in [0.1, 0.15) is 10.5 Å². The largest absolute Gasteiger partial charge is 0.382 e. The topological polar surface area (TPSA) is 80.9 Å². The molecule has 2 aromatic rings. The third-order valence-electron chi connectivity index (χ3n) is 2.20. The molecule has 98 valence electrons. The van der Waals surface area contributed by atoms with Gasteiger partial charge in [-0.2, -0.15) is 0 Å². The summed E-state index contributed by atoms with van der Waals surface area (Å²) in [5.41, 5.74) is 5.91. The summed E-state index contributed by atoms with van der Waals surface area (Å²) in [6.07, 6.45) is 0. The molecule has 1 aromatic carbocycles. The van der Waals surface area contributed by atoms with Gasteiger partial charge in [-0.3, -0.25) is 4.79 Å². The monoisotopic (exact) mass is 360 g/mol. The first-order chi connectivity index (χ1) is 8.99. The highest BCUT2D eigenvalue weighted by molar-refractivity contribution is 9.10. The molecule has 8 heteroatoms. The highest BCUT2D eigenvalue weighted by Crippen LogP contribution is 2.35. The Bertz CT molecular complexity index is 633. The van der Waals surface area contributed by atoms with Gasteiger partial charge in [-0.15, -0.1) is 10.2 Å². The van der Waals surface area contributed by atoms with Crippen molar-refractivity contribution in [1.82, 2.24) is 10.2 Å². The second-order valence-corrected chi connectivity index (χ2v) is 5.13. The van der Waals surface area contributed by atoms with Crippen molar-refractivity contribution in [2.75, 3.05) is 11.1 Å². The van der Waals surface area contributed by atoms with Gasteiger partial charge in [0.15, 0.2) is 5.69 Å². The number of carbonyl (C=O) groups excluding carboxylic acids is 1. The molecule has 0 aliphatic heterocycles. The maximum atomic E-state index is 11.9. The zero-order valence-electron chi connectivity index (χ0n) is 9.32. The lowest BCUT2D eigenvalue weighted by atomic mass is 10.3. The van der Waals surface area contributed by atoms with Crippen molar-refractivity contribution in [3.8, 4) is 0 Å². The molecule has 1 aromatic heterocycles. The summed E-state index contributed by atoms with van der Waals surface area (Å²) in [6.45, 7) is 0. The molecule has 3 N–H and O–H groups in total. The van der Waals surface area contributed by atoms with Crippen LogP contribution in [0, 0.1) is 0 Å². The molecule has 0 bridgehead atoms. The SMILES string of the molecule is Nc1ccc(C(=O)Nc2ccc(Br)c(Cl)c2Cl)nn1. The molecule has 0 saturated heterocycles. The molecule has 0 aliphatic rings. The Morgan fingerprint density at radius 3 is 2.53 bits per heavy atom. The van der Waals surface area contributed by atoms with Crippen molar-refractivity contribution in [3.05, 3.63) is 44.5 Å². The van der Waals surface area contributed by atoms with Crippen molar-refractivity contribution in [1.29, 1.82) is 0 Å². The van der Waals surface area contributed by atoms with Crippen LogP contribution < -0.4 is 11.1 Å². The van der Waals surface area contributed by atoms with Gasteiger partial charge in [-0.25, -0.2) is 0 Å². The van der Waals surface area contributed by atoms with Gasteiger partial charge in [0.05, 0.1) is 15.7 Å². The van der Waals surface area contributed by atoms with Gasteiger partial charge in [0.1, 0.15) is 5.82 Å². The van der Waals surface area contributed by atoms with E-state index < -0.39 is 5.91 Å². The summed E-state index contributed by atoms with van der Waals surface area (Å²) in [7, 11) is 0. The number of hydrogen-bond donors (Lipinski definition) is 2. The van der Waals surface area contributed by atoms with Crippen molar-refractivity contribution >= 4 is 56.5 Å². The zero-order valence-corrected chi connectivity index (χ0v) is 12.4. The first-order valence-electron chi connectivity index (χ1n) is 5.03. The number of hydrogen-bond acceptors (Lipinski definition) is 4. The molecule has 1 heterocycles. The van der Waals surface area contributed by atoms with Crippen molar-refractivity contribution < 1.29 is 4.79 Å². The number of halogens is 3. The Balaban J connectivity index is 2.24. The van der Waals surface area contributed by atoms with Crippen LogP contribution in [0.25, 0.3) is 0 Å². The number of benzene rings is 1. The molecule has 0 saturated carbocycles. The lowest BCUT2D eigenvalue weighted by molar-refractivity contribution is 0.102. The summed E-state index contributed by atoms with van der Waals surface area (Å²) in [5.74, 6) is -0.214. The molecule has 0 atom stereocenters. The lowest BCUT2D eigenvalue weighted by Gasteiger charge is -2.08. The smallest absolute Gasteiger partial charge is 0.276 e. The Morgan fingerprint density at radius 2 is 1.89 bits per heavy atom. The van der Waals surface area contributed by atoms with Crippen LogP contribution >= 0.6 is 39.1 Å². The minimum Gasteiger partial charge on any atom is -0.382 e. The molecule has 0 unspecified atom stereocenters. The van der Waals surface area contributed by atoms with Crippen LogP contribution in [0.5, 0.6) is 0 Å². The van der Waals surface area contributed by atoms with Gasteiger partial charge in [-0.05, 0) is 40.2 Å². The summed E-state index contributed by atoms with van der Waals surface area (Å²) >= 11 is 15.2. The first kappa shape index (κ1) is 14.0. The summed E-state index contributed by atoms with van der Waals surface area (Å²) < 4.78 is 0.643. The number of amides is 1. The Labute approximate surface area is 127 Å². The van der Waals surface area contributed by atoms with Gasteiger partial charge in [0.2, 0.25) is 0 Å². The molecule has 2 rings (SSSR count). The zero-order chi connectivity index (χ0) is 14.0. The molecule has 0 fully saturated rings. The van der Waals surface area contributed by atoms with E-state index in [0.717, 1.165) is 0 Å². The standard InChI is InChI=1S/C11H7BrCl2N4O/c12-5-1-2-6(10(14)9(5)13)16-11(19)7-3-4-8(15)18-17-7/h1-4H,(H2,15,18)(H,16,19). The van der Waals surface area contributed by atoms with Gasteiger partial charge in [0.25, 0.3) is 5.91 Å². The van der Waals surface area contributed by atoms with E-state index in [1.54, 1.807) is 12.1 Å². The number of rotatable bonds is 2. The van der Waals surface area contributed by atoms with Crippen LogP contribution in [-0.4, -0.2) is 16.1 Å². The van der Waals surface area contributed by atoms with Crippen molar-refractivity contribution in [3.63, 3.8) is 0 Å². The van der Waals surface area contributed by atoms with Crippen LogP contribution in [0.15, 0.2) is 28.7 Å². The third-order valence-corrected chi connectivity index (χ3v) is 3.97. The van der Waals surface area contributed by atoms with Gasteiger partial charge < -0.3 is 11.1 Å². The van der Waals surface area contributed by atoms with Crippen LogP contribution in [0.2, 0.25) is 10.0 Å². The average Bonchev–Trinajstić information content (AvgIpc) is 2.40. The van der Waals surface area contributed by atoms with E-state index in [1.165, 1.54) is 12.1 Å². The summed E-state index contributed by atoms with van der Waals surface area (Å²) in [4.78, 5) is 11.9. The van der Waals surface area contributed by atoms with Gasteiger partial charge >= 0.3 is 0 Å². The molecule has 5 nitrogen and oxygen atoms in total. The van der Waals surface area contributed by atoms with Crippen LogP contribution in [-0.2, 0) is 0 Å². The molecule has 1 amide bonds.